The van der Waals surface area contributed by atoms with Crippen LogP contribution in [0.2, 0.25) is 0 Å². The highest BCUT2D eigenvalue weighted by Gasteiger charge is 2.71. The Morgan fingerprint density at radius 2 is 1.74 bits per heavy atom. The first-order valence-electron chi connectivity index (χ1n) is 11.6. The number of amides is 3. The normalized spacial score (nSPS) is 27.6. The van der Waals surface area contributed by atoms with Crippen LogP contribution in [0.5, 0.6) is 0 Å². The standard InChI is InChI=1S/C27H29N3O3S/c1-17(2)15-29-21-12-8-7-11-19(21)27(26(29)33)23-22(20(28-27)13-14-34-3)24(31)30(25(23)32)16-18-9-5-4-6-10-18/h4-12,20,22-23,28H,1,13-16H2,2-3H3. The molecule has 0 saturated carbocycles. The first-order valence-corrected chi connectivity index (χ1v) is 13.0. The molecule has 0 bridgehead atoms. The zero-order chi connectivity index (χ0) is 24.0. The molecule has 2 aromatic carbocycles. The number of thioether (sulfide) groups is 1. The Morgan fingerprint density at radius 3 is 2.44 bits per heavy atom. The van der Waals surface area contributed by atoms with Crippen molar-refractivity contribution in [1.29, 1.82) is 0 Å². The number of carbonyl (C=O) groups is 3. The van der Waals surface area contributed by atoms with Crippen molar-refractivity contribution in [1.82, 2.24) is 10.2 Å². The second kappa shape index (κ2) is 8.71. The first kappa shape index (κ1) is 22.9. The van der Waals surface area contributed by atoms with E-state index in [9.17, 15) is 14.4 Å². The van der Waals surface area contributed by atoms with Crippen LogP contribution < -0.4 is 10.2 Å². The van der Waals surface area contributed by atoms with Crippen molar-refractivity contribution in [2.75, 3.05) is 23.5 Å². The number of nitrogens with zero attached hydrogens (tertiary/aromatic N) is 2. The van der Waals surface area contributed by atoms with Crippen molar-refractivity contribution in [2.24, 2.45) is 11.8 Å². The monoisotopic (exact) mass is 475 g/mol. The lowest BCUT2D eigenvalue weighted by Crippen LogP contribution is -2.55. The molecule has 3 amide bonds. The fourth-order valence-electron chi connectivity index (χ4n) is 5.85. The van der Waals surface area contributed by atoms with Gasteiger partial charge in [-0.3, -0.25) is 24.6 Å². The van der Waals surface area contributed by atoms with Crippen LogP contribution in [0.1, 0.15) is 24.5 Å². The summed E-state index contributed by atoms with van der Waals surface area (Å²) in [5.74, 6) is -1.11. The van der Waals surface area contributed by atoms with Crippen LogP contribution in [0.25, 0.3) is 0 Å². The number of likely N-dealkylation sites (tertiary alicyclic amines) is 1. The maximum atomic E-state index is 14.1. The van der Waals surface area contributed by atoms with Crippen LogP contribution in [-0.4, -0.2) is 47.2 Å². The van der Waals surface area contributed by atoms with Gasteiger partial charge in [0, 0.05) is 23.8 Å². The van der Waals surface area contributed by atoms with E-state index in [-0.39, 0.29) is 30.3 Å². The Hall–Kier alpha value is -2.90. The van der Waals surface area contributed by atoms with Crippen LogP contribution in [-0.2, 0) is 26.5 Å². The Morgan fingerprint density at radius 1 is 1.03 bits per heavy atom. The van der Waals surface area contributed by atoms with Gasteiger partial charge in [0.05, 0.1) is 18.4 Å². The number of anilines is 1. The fraction of sp³-hybridized carbons (Fsp3) is 0.370. The second-order valence-electron chi connectivity index (χ2n) is 9.46. The van der Waals surface area contributed by atoms with Crippen LogP contribution in [0.15, 0.2) is 66.7 Å². The predicted octanol–water partition coefficient (Wildman–Crippen LogP) is 3.33. The number of imide groups is 1. The zero-order valence-electron chi connectivity index (χ0n) is 19.5. The second-order valence-corrected chi connectivity index (χ2v) is 10.4. The fourth-order valence-corrected chi connectivity index (χ4v) is 6.34. The van der Waals surface area contributed by atoms with Crippen LogP contribution in [0.3, 0.4) is 0 Å². The minimum atomic E-state index is -1.24. The summed E-state index contributed by atoms with van der Waals surface area (Å²) >= 11 is 1.70. The lowest BCUT2D eigenvalue weighted by Gasteiger charge is -2.30. The number of hydrogen-bond acceptors (Lipinski definition) is 5. The summed E-state index contributed by atoms with van der Waals surface area (Å²) in [6.45, 7) is 6.49. The molecule has 5 rings (SSSR count). The third-order valence-corrected chi connectivity index (χ3v) is 7.85. The average Bonchev–Trinajstić information content (AvgIpc) is 3.39. The molecule has 4 atom stereocenters. The summed E-state index contributed by atoms with van der Waals surface area (Å²) < 4.78 is 0. The molecule has 1 spiro atoms. The quantitative estimate of drug-likeness (QED) is 0.491. The summed E-state index contributed by atoms with van der Waals surface area (Å²) in [7, 11) is 0. The zero-order valence-corrected chi connectivity index (χ0v) is 20.3. The van der Waals surface area contributed by atoms with E-state index in [1.54, 1.807) is 16.7 Å². The Kier molecular flexibility index (Phi) is 5.86. The summed E-state index contributed by atoms with van der Waals surface area (Å²) in [6.07, 6.45) is 2.73. The first-order chi connectivity index (χ1) is 16.4. The highest BCUT2D eigenvalue weighted by atomic mass is 32.2. The van der Waals surface area contributed by atoms with Gasteiger partial charge in [-0.1, -0.05) is 60.7 Å². The maximum absolute atomic E-state index is 14.1. The molecule has 6 nitrogen and oxygen atoms in total. The predicted molar refractivity (Wildman–Crippen MR) is 134 cm³/mol. The van der Waals surface area contributed by atoms with Gasteiger partial charge in [-0.15, -0.1) is 0 Å². The number of rotatable bonds is 7. The Bertz CT molecular complexity index is 1170. The van der Waals surface area contributed by atoms with Gasteiger partial charge in [-0.05, 0) is 37.0 Å². The molecule has 3 heterocycles. The molecule has 3 aliphatic heterocycles. The average molecular weight is 476 g/mol. The van der Waals surface area contributed by atoms with Gasteiger partial charge in [0.25, 0.3) is 5.91 Å². The van der Waals surface area contributed by atoms with Crippen molar-refractivity contribution in [2.45, 2.75) is 31.5 Å². The summed E-state index contributed by atoms with van der Waals surface area (Å²) in [6, 6.07) is 16.9. The van der Waals surface area contributed by atoms with Crippen molar-refractivity contribution in [3.63, 3.8) is 0 Å². The van der Waals surface area contributed by atoms with Crippen molar-refractivity contribution in [3.8, 4) is 0 Å². The minimum absolute atomic E-state index is 0.166. The number of fused-ring (bicyclic) bond motifs is 4. The highest BCUT2D eigenvalue weighted by Crippen LogP contribution is 2.55. The SMILES string of the molecule is C=C(C)CN1C(=O)C2(NC(CCSC)C3C(=O)N(Cc4ccccc4)C(=O)C32)c2ccccc21. The molecule has 0 radical (unpaired) electrons. The molecule has 2 fully saturated rings. The van der Waals surface area contributed by atoms with Crippen molar-refractivity contribution >= 4 is 35.2 Å². The molecule has 3 aliphatic rings. The molecule has 2 saturated heterocycles. The van der Waals surface area contributed by atoms with E-state index < -0.39 is 17.4 Å². The number of benzene rings is 2. The van der Waals surface area contributed by atoms with Gasteiger partial charge in [0.1, 0.15) is 5.54 Å². The minimum Gasteiger partial charge on any atom is -0.306 e. The van der Waals surface area contributed by atoms with Crippen LogP contribution in [0.4, 0.5) is 5.69 Å². The molecule has 7 heteroatoms. The molecular formula is C27H29N3O3S. The third kappa shape index (κ3) is 3.33. The smallest absolute Gasteiger partial charge is 0.253 e. The summed E-state index contributed by atoms with van der Waals surface area (Å²) in [4.78, 5) is 44.9. The van der Waals surface area contributed by atoms with E-state index >= 15 is 0 Å². The highest BCUT2D eigenvalue weighted by molar-refractivity contribution is 7.98. The number of para-hydroxylation sites is 1. The van der Waals surface area contributed by atoms with E-state index in [4.69, 9.17) is 0 Å². The van der Waals surface area contributed by atoms with E-state index in [0.717, 1.165) is 28.1 Å². The number of hydrogen-bond donors (Lipinski definition) is 1. The molecule has 0 aromatic heterocycles. The van der Waals surface area contributed by atoms with E-state index in [1.165, 1.54) is 4.90 Å². The van der Waals surface area contributed by atoms with Gasteiger partial charge in [0.2, 0.25) is 11.8 Å². The van der Waals surface area contributed by atoms with Gasteiger partial charge < -0.3 is 4.90 Å². The summed E-state index contributed by atoms with van der Waals surface area (Å²) in [5.41, 5.74) is 2.08. The number of carbonyl (C=O) groups excluding carboxylic acids is 3. The lowest BCUT2D eigenvalue weighted by atomic mass is 9.76. The van der Waals surface area contributed by atoms with Gasteiger partial charge >= 0.3 is 0 Å². The largest absolute Gasteiger partial charge is 0.306 e. The topological polar surface area (TPSA) is 69.7 Å². The molecule has 4 unspecified atom stereocenters. The molecular weight excluding hydrogens is 446 g/mol. The summed E-state index contributed by atoms with van der Waals surface area (Å²) in [5, 5.41) is 3.56. The van der Waals surface area contributed by atoms with Crippen molar-refractivity contribution in [3.05, 3.63) is 77.9 Å². The van der Waals surface area contributed by atoms with E-state index in [2.05, 4.69) is 11.9 Å². The van der Waals surface area contributed by atoms with Crippen molar-refractivity contribution < 1.29 is 14.4 Å². The number of nitrogens with one attached hydrogen (secondary N) is 1. The maximum Gasteiger partial charge on any atom is 0.253 e. The van der Waals surface area contributed by atoms with E-state index in [1.807, 2.05) is 67.8 Å². The van der Waals surface area contributed by atoms with E-state index in [0.29, 0.717) is 13.0 Å². The van der Waals surface area contributed by atoms with Gasteiger partial charge in [-0.25, -0.2) is 0 Å². The molecule has 2 aromatic rings. The Labute approximate surface area is 204 Å². The van der Waals surface area contributed by atoms with Gasteiger partial charge in [-0.2, -0.15) is 11.8 Å². The molecule has 1 N–H and O–H groups in total. The third-order valence-electron chi connectivity index (χ3n) is 7.20. The van der Waals surface area contributed by atoms with Gasteiger partial charge in [0.15, 0.2) is 0 Å². The Balaban J connectivity index is 1.61. The molecule has 176 valence electrons. The lowest BCUT2D eigenvalue weighted by molar-refractivity contribution is -0.143. The molecule has 34 heavy (non-hydrogen) atoms. The van der Waals surface area contributed by atoms with Crippen LogP contribution in [0, 0.1) is 11.8 Å². The van der Waals surface area contributed by atoms with Crippen LogP contribution >= 0.6 is 11.8 Å². The molecule has 0 aliphatic carbocycles.